The van der Waals surface area contributed by atoms with Crippen molar-refractivity contribution in [3.63, 3.8) is 0 Å². The monoisotopic (exact) mass is 469 g/mol. The molecular weight excluding hydrogens is 465 g/mol. The Kier molecular flexibility index (Phi) is 3.69. The zero-order valence-corrected chi connectivity index (χ0v) is 11.5. The molecule has 0 aliphatic heterocycles. The molecule has 0 fully saturated rings. The van der Waals surface area contributed by atoms with Gasteiger partial charge in [-0.05, 0) is 92.4 Å². The van der Waals surface area contributed by atoms with Crippen LogP contribution in [-0.2, 0) is 0 Å². The Labute approximate surface area is 102 Å². The lowest BCUT2D eigenvalue weighted by Crippen LogP contribution is -1.85. The second-order valence-electron chi connectivity index (χ2n) is 1.86. The smallest absolute Gasteiger partial charge is 0.0274 e. The highest BCUT2D eigenvalue weighted by Gasteiger charge is 1.99. The zero-order chi connectivity index (χ0) is 7.72. The van der Waals surface area contributed by atoms with Gasteiger partial charge in [-0.3, -0.25) is 0 Å². The molecule has 0 aliphatic rings. The van der Waals surface area contributed by atoms with Gasteiger partial charge in [-0.1, -0.05) is 0 Å². The van der Waals surface area contributed by atoms with Crippen LogP contribution in [0.5, 0.6) is 0 Å². The standard InChI is InChI=1S/C7H4I3/c1-4-2-6(9)7(10)3-5(4)8/h2-3H,1H2. The van der Waals surface area contributed by atoms with Crippen LogP contribution in [-0.4, -0.2) is 0 Å². The Bertz CT molecular complexity index is 205. The molecule has 0 nitrogen and oxygen atoms in total. The molecule has 1 radical (unpaired) electrons. The van der Waals surface area contributed by atoms with Gasteiger partial charge in [-0.25, -0.2) is 0 Å². The van der Waals surface area contributed by atoms with E-state index in [1.54, 1.807) is 0 Å². The number of benzene rings is 1. The van der Waals surface area contributed by atoms with Crippen LogP contribution < -0.4 is 0 Å². The summed E-state index contributed by atoms with van der Waals surface area (Å²) in [5, 5.41) is 0. The van der Waals surface area contributed by atoms with Gasteiger partial charge < -0.3 is 0 Å². The van der Waals surface area contributed by atoms with E-state index >= 15 is 0 Å². The molecule has 0 saturated heterocycles. The molecule has 0 N–H and O–H groups in total. The third-order valence-electron chi connectivity index (χ3n) is 1.09. The topological polar surface area (TPSA) is 0 Å². The molecule has 0 bridgehead atoms. The molecule has 1 aromatic carbocycles. The van der Waals surface area contributed by atoms with Gasteiger partial charge in [0.1, 0.15) is 0 Å². The van der Waals surface area contributed by atoms with Crippen LogP contribution in [0.3, 0.4) is 0 Å². The molecule has 1 rings (SSSR count). The second-order valence-corrected chi connectivity index (χ2v) is 5.34. The van der Waals surface area contributed by atoms with E-state index in [0.717, 1.165) is 5.56 Å². The summed E-state index contributed by atoms with van der Waals surface area (Å²) < 4.78 is 3.82. The van der Waals surface area contributed by atoms with Crippen molar-refractivity contribution < 1.29 is 0 Å². The fraction of sp³-hybridized carbons (Fsp3) is 0. The lowest BCUT2D eigenvalue weighted by atomic mass is 10.2. The van der Waals surface area contributed by atoms with Gasteiger partial charge in [-0.15, -0.1) is 0 Å². The summed E-state index contributed by atoms with van der Waals surface area (Å²) in [5.41, 5.74) is 1.12. The van der Waals surface area contributed by atoms with Crippen molar-refractivity contribution in [3.8, 4) is 0 Å². The van der Waals surface area contributed by atoms with Gasteiger partial charge in [0, 0.05) is 10.7 Å². The third kappa shape index (κ3) is 2.20. The van der Waals surface area contributed by atoms with Crippen LogP contribution in [0.25, 0.3) is 0 Å². The van der Waals surface area contributed by atoms with Crippen molar-refractivity contribution in [1.82, 2.24) is 0 Å². The minimum atomic E-state index is 1.12. The van der Waals surface area contributed by atoms with E-state index in [1.165, 1.54) is 10.7 Å². The maximum atomic E-state index is 3.91. The Morgan fingerprint density at radius 1 is 0.900 bits per heavy atom. The lowest BCUT2D eigenvalue weighted by molar-refractivity contribution is 1.48. The Morgan fingerprint density at radius 2 is 1.40 bits per heavy atom. The number of hydrogen-bond donors (Lipinski definition) is 0. The molecule has 0 aliphatic carbocycles. The van der Waals surface area contributed by atoms with E-state index in [9.17, 15) is 0 Å². The van der Waals surface area contributed by atoms with Crippen LogP contribution >= 0.6 is 67.8 Å². The maximum absolute atomic E-state index is 3.91. The first-order valence-electron chi connectivity index (χ1n) is 2.58. The fourth-order valence-corrected chi connectivity index (χ4v) is 2.63. The van der Waals surface area contributed by atoms with E-state index in [4.69, 9.17) is 0 Å². The van der Waals surface area contributed by atoms with E-state index in [1.807, 2.05) is 0 Å². The molecular formula is C7H4I3. The highest BCUT2D eigenvalue weighted by atomic mass is 127. The van der Waals surface area contributed by atoms with Crippen molar-refractivity contribution in [3.05, 3.63) is 35.3 Å². The number of halogens is 3. The SMILES string of the molecule is [CH2]c1cc(I)c(I)cc1I. The van der Waals surface area contributed by atoms with Gasteiger partial charge in [0.15, 0.2) is 0 Å². The van der Waals surface area contributed by atoms with Crippen molar-refractivity contribution >= 4 is 67.8 Å². The molecule has 10 heavy (non-hydrogen) atoms. The summed E-state index contributed by atoms with van der Waals surface area (Å²) in [6, 6.07) is 4.25. The van der Waals surface area contributed by atoms with Gasteiger partial charge in [0.2, 0.25) is 0 Å². The van der Waals surface area contributed by atoms with Crippen molar-refractivity contribution in [2.45, 2.75) is 0 Å². The quantitative estimate of drug-likeness (QED) is 0.402. The first-order chi connectivity index (χ1) is 4.61. The highest BCUT2D eigenvalue weighted by Crippen LogP contribution is 2.20. The van der Waals surface area contributed by atoms with E-state index in [2.05, 4.69) is 86.8 Å². The molecule has 3 heteroatoms. The molecule has 0 aromatic heterocycles. The predicted octanol–water partition coefficient (Wildman–Crippen LogP) is 3.68. The Hall–Kier alpha value is 1.41. The van der Waals surface area contributed by atoms with Gasteiger partial charge >= 0.3 is 0 Å². The summed E-state index contributed by atoms with van der Waals surface area (Å²) in [6.07, 6.45) is 0. The lowest BCUT2D eigenvalue weighted by Gasteiger charge is -2.00. The van der Waals surface area contributed by atoms with Crippen LogP contribution in [0.15, 0.2) is 12.1 Å². The first-order valence-corrected chi connectivity index (χ1v) is 5.81. The normalized spacial score (nSPS) is 10.0. The number of hydrogen-bond acceptors (Lipinski definition) is 0. The highest BCUT2D eigenvalue weighted by molar-refractivity contribution is 14.1. The maximum Gasteiger partial charge on any atom is 0.0274 e. The van der Waals surface area contributed by atoms with E-state index < -0.39 is 0 Å². The molecule has 1 aromatic rings. The average molecular weight is 469 g/mol. The summed E-state index contributed by atoms with van der Waals surface area (Å²) in [5.74, 6) is 0. The molecule has 0 spiro atoms. The molecule has 0 atom stereocenters. The molecule has 0 unspecified atom stereocenters. The molecule has 0 amide bonds. The Morgan fingerprint density at radius 3 is 1.90 bits per heavy atom. The summed E-state index contributed by atoms with van der Waals surface area (Å²) in [6.45, 7) is 3.91. The van der Waals surface area contributed by atoms with Crippen LogP contribution in [0.1, 0.15) is 5.56 Å². The van der Waals surface area contributed by atoms with E-state index in [-0.39, 0.29) is 0 Å². The zero-order valence-electron chi connectivity index (χ0n) is 5.00. The summed E-state index contributed by atoms with van der Waals surface area (Å²) in [4.78, 5) is 0. The van der Waals surface area contributed by atoms with Crippen LogP contribution in [0.2, 0.25) is 0 Å². The molecule has 0 saturated carbocycles. The second kappa shape index (κ2) is 3.88. The predicted molar refractivity (Wildman–Crippen MR) is 69.1 cm³/mol. The van der Waals surface area contributed by atoms with E-state index in [0.29, 0.717) is 0 Å². The van der Waals surface area contributed by atoms with Crippen LogP contribution in [0.4, 0.5) is 0 Å². The Balaban J connectivity index is 3.28. The fourth-order valence-electron chi connectivity index (χ4n) is 0.564. The van der Waals surface area contributed by atoms with Crippen molar-refractivity contribution in [1.29, 1.82) is 0 Å². The third-order valence-corrected chi connectivity index (χ3v) is 4.91. The van der Waals surface area contributed by atoms with Crippen molar-refractivity contribution in [2.75, 3.05) is 0 Å². The molecule has 53 valence electrons. The van der Waals surface area contributed by atoms with Gasteiger partial charge in [0.05, 0.1) is 0 Å². The van der Waals surface area contributed by atoms with Gasteiger partial charge in [0.25, 0.3) is 0 Å². The van der Waals surface area contributed by atoms with Crippen LogP contribution in [0, 0.1) is 17.6 Å². The minimum absolute atomic E-state index is 1.12. The molecule has 0 heterocycles. The number of rotatable bonds is 0. The first kappa shape index (κ1) is 9.50. The summed E-state index contributed by atoms with van der Waals surface area (Å²) in [7, 11) is 0. The van der Waals surface area contributed by atoms with Crippen molar-refractivity contribution in [2.24, 2.45) is 0 Å². The minimum Gasteiger partial charge on any atom is -0.0440 e. The van der Waals surface area contributed by atoms with Gasteiger partial charge in [-0.2, -0.15) is 0 Å². The average Bonchev–Trinajstić information content (AvgIpc) is 1.84. The largest absolute Gasteiger partial charge is 0.0440 e. The summed E-state index contributed by atoms with van der Waals surface area (Å²) >= 11 is 6.94.